The van der Waals surface area contributed by atoms with Crippen molar-refractivity contribution in [2.45, 2.75) is 37.7 Å². The quantitative estimate of drug-likeness (QED) is 0.712. The first-order chi connectivity index (χ1) is 12.2. The zero-order valence-corrected chi connectivity index (χ0v) is 16.0. The number of anilines is 3. The number of rotatable bonds is 5. The van der Waals surface area contributed by atoms with Crippen LogP contribution in [-0.2, 0) is 11.7 Å². The Labute approximate surface area is 158 Å². The third kappa shape index (κ3) is 4.96. The SMILES string of the molecule is BC(B)(B)Nc1nc(Nc2cn(C(C)(C)C#N)nc2C)ncc1C(F)(F)F. The van der Waals surface area contributed by atoms with Crippen LogP contribution in [0.25, 0.3) is 0 Å². The average Bonchev–Trinajstić information content (AvgIpc) is 2.86. The molecule has 0 aliphatic carbocycles. The fourth-order valence-electron chi connectivity index (χ4n) is 2.14. The van der Waals surface area contributed by atoms with Crippen LogP contribution in [0.15, 0.2) is 12.4 Å². The molecule has 0 aliphatic rings. The highest BCUT2D eigenvalue weighted by Crippen LogP contribution is 2.34. The number of nitrogens with one attached hydrogen (secondary N) is 2. The van der Waals surface area contributed by atoms with Gasteiger partial charge in [-0.3, -0.25) is 4.68 Å². The first-order valence-electron chi connectivity index (χ1n) is 8.20. The molecule has 0 saturated heterocycles. The van der Waals surface area contributed by atoms with Crippen LogP contribution in [0.1, 0.15) is 25.1 Å². The van der Waals surface area contributed by atoms with Crippen molar-refractivity contribution in [3.8, 4) is 6.07 Å². The van der Waals surface area contributed by atoms with Crippen LogP contribution in [0.5, 0.6) is 0 Å². The zero-order chi connectivity index (χ0) is 20.6. The highest BCUT2D eigenvalue weighted by Gasteiger charge is 2.36. The summed E-state index contributed by atoms with van der Waals surface area (Å²) in [6.07, 6.45) is -2.25. The Balaban J connectivity index is 2.41. The minimum Gasteiger partial charge on any atom is -0.387 e. The summed E-state index contributed by atoms with van der Waals surface area (Å²) in [5, 5.41) is 18.5. The molecule has 27 heavy (non-hydrogen) atoms. The molecule has 2 aromatic heterocycles. The van der Waals surface area contributed by atoms with Gasteiger partial charge in [-0.1, -0.05) is 0 Å². The topological polar surface area (TPSA) is 91.5 Å². The van der Waals surface area contributed by atoms with Gasteiger partial charge in [0.15, 0.2) is 0 Å². The van der Waals surface area contributed by atoms with E-state index in [4.69, 9.17) is 0 Å². The molecule has 0 spiro atoms. The summed E-state index contributed by atoms with van der Waals surface area (Å²) >= 11 is 0. The van der Waals surface area contributed by atoms with Crippen LogP contribution in [-0.4, -0.2) is 48.5 Å². The summed E-state index contributed by atoms with van der Waals surface area (Å²) < 4.78 is 41.2. The van der Waals surface area contributed by atoms with Crippen molar-refractivity contribution >= 4 is 41.0 Å². The lowest BCUT2D eigenvalue weighted by Crippen LogP contribution is -2.41. The van der Waals surface area contributed by atoms with E-state index < -0.39 is 22.5 Å². The third-order valence-electron chi connectivity index (χ3n) is 3.58. The predicted octanol–water partition coefficient (Wildman–Crippen LogP) is -0.0749. The monoisotopic (exact) mass is 375 g/mol. The molecule has 0 aliphatic heterocycles. The molecule has 2 heterocycles. The maximum atomic E-state index is 13.2. The standard InChI is InChI=1S/C14H19B3F3N7/c1-7-9(5-27(26-7)12(2,3)6-21)23-11-22-4-8(13(18,19)20)10(24-11)25-14(15,16)17/h4-5H,15-17H2,1-3H3,(H2,22,23,24,25). The molecule has 0 bridgehead atoms. The Hall–Kier alpha value is -2.64. The number of nitrogens with zero attached hydrogens (tertiary/aromatic N) is 5. The van der Waals surface area contributed by atoms with Gasteiger partial charge >= 0.3 is 6.18 Å². The molecular formula is C14H19B3F3N7. The second kappa shape index (κ2) is 6.83. The van der Waals surface area contributed by atoms with Crippen LogP contribution < -0.4 is 10.6 Å². The summed E-state index contributed by atoms with van der Waals surface area (Å²) in [4.78, 5) is 7.78. The lowest BCUT2D eigenvalue weighted by atomic mass is 9.49. The van der Waals surface area contributed by atoms with Gasteiger partial charge in [0.05, 0.1) is 23.6 Å². The second-order valence-electron chi connectivity index (χ2n) is 7.70. The molecule has 0 unspecified atom stereocenters. The number of hydrogen-bond donors (Lipinski definition) is 2. The summed E-state index contributed by atoms with van der Waals surface area (Å²) in [5.41, 5.74) is -0.752. The summed E-state index contributed by atoms with van der Waals surface area (Å²) in [6, 6.07) is 2.13. The molecule has 0 aromatic carbocycles. The van der Waals surface area contributed by atoms with Gasteiger partial charge in [0.1, 0.15) is 40.5 Å². The highest BCUT2D eigenvalue weighted by atomic mass is 19.4. The van der Waals surface area contributed by atoms with Crippen LogP contribution in [0.2, 0.25) is 0 Å². The molecular weight excluding hydrogens is 356 g/mol. The number of alkyl halides is 3. The molecule has 0 atom stereocenters. The molecule has 13 heteroatoms. The van der Waals surface area contributed by atoms with E-state index in [0.29, 0.717) is 11.4 Å². The van der Waals surface area contributed by atoms with Crippen LogP contribution >= 0.6 is 0 Å². The number of aryl methyl sites for hydroxylation is 1. The van der Waals surface area contributed by atoms with Gasteiger partial charge in [-0.15, -0.1) is 0 Å². The Morgan fingerprint density at radius 1 is 1.22 bits per heavy atom. The van der Waals surface area contributed by atoms with E-state index in [1.807, 2.05) is 0 Å². The predicted molar refractivity (Wildman–Crippen MR) is 104 cm³/mol. The van der Waals surface area contributed by atoms with Gasteiger partial charge in [-0.25, -0.2) is 4.98 Å². The lowest BCUT2D eigenvalue weighted by Gasteiger charge is -2.24. The van der Waals surface area contributed by atoms with Crippen LogP contribution in [0.3, 0.4) is 0 Å². The van der Waals surface area contributed by atoms with E-state index in [1.165, 1.54) is 4.68 Å². The van der Waals surface area contributed by atoms with Crippen molar-refractivity contribution < 1.29 is 13.2 Å². The first kappa shape index (κ1) is 20.7. The molecule has 0 fully saturated rings. The number of hydrogen-bond acceptors (Lipinski definition) is 6. The van der Waals surface area contributed by atoms with Crippen molar-refractivity contribution in [1.29, 1.82) is 5.26 Å². The van der Waals surface area contributed by atoms with Gasteiger partial charge in [0.2, 0.25) is 5.95 Å². The number of halogens is 3. The third-order valence-corrected chi connectivity index (χ3v) is 3.58. The van der Waals surface area contributed by atoms with Crippen LogP contribution in [0, 0.1) is 18.3 Å². The van der Waals surface area contributed by atoms with Crippen molar-refractivity contribution in [3.05, 3.63) is 23.7 Å². The minimum absolute atomic E-state index is 0.00726. The average molecular weight is 375 g/mol. The van der Waals surface area contributed by atoms with Crippen LogP contribution in [0.4, 0.5) is 30.6 Å². The fourth-order valence-corrected chi connectivity index (χ4v) is 2.14. The first-order valence-corrected chi connectivity index (χ1v) is 8.20. The largest absolute Gasteiger partial charge is 0.421 e. The smallest absolute Gasteiger partial charge is 0.387 e. The molecule has 140 valence electrons. The zero-order valence-electron chi connectivity index (χ0n) is 16.0. The Kier molecular flexibility index (Phi) is 5.23. The highest BCUT2D eigenvalue weighted by molar-refractivity contribution is 6.60. The maximum Gasteiger partial charge on any atom is 0.421 e. The number of nitriles is 1. The van der Waals surface area contributed by atoms with Crippen molar-refractivity contribution in [2.24, 2.45) is 0 Å². The second-order valence-corrected chi connectivity index (χ2v) is 7.70. The summed E-state index contributed by atoms with van der Waals surface area (Å²) in [6.45, 7) is 5.11. The normalized spacial score (nSPS) is 12.5. The van der Waals surface area contributed by atoms with E-state index in [-0.39, 0.29) is 11.8 Å². The van der Waals surface area contributed by atoms with Gasteiger partial charge in [0.25, 0.3) is 0 Å². The van der Waals surface area contributed by atoms with Gasteiger partial charge in [0, 0.05) is 6.20 Å². The fraction of sp³-hybridized carbons (Fsp3) is 0.429. The lowest BCUT2D eigenvalue weighted by molar-refractivity contribution is -0.137. The van der Waals surface area contributed by atoms with E-state index in [2.05, 4.69) is 31.8 Å². The summed E-state index contributed by atoms with van der Waals surface area (Å²) in [5.74, 6) is -0.318. The Bertz CT molecular complexity index is 882. The summed E-state index contributed by atoms with van der Waals surface area (Å²) in [7, 11) is 5.21. The number of aromatic nitrogens is 4. The molecule has 0 amide bonds. The van der Waals surface area contributed by atoms with Crippen molar-refractivity contribution in [3.63, 3.8) is 0 Å². The minimum atomic E-state index is -4.58. The Morgan fingerprint density at radius 2 is 1.85 bits per heavy atom. The van der Waals surface area contributed by atoms with Gasteiger partial charge in [-0.2, -0.15) is 28.5 Å². The molecule has 0 saturated carbocycles. The van der Waals surface area contributed by atoms with Gasteiger partial charge < -0.3 is 10.6 Å². The van der Waals surface area contributed by atoms with E-state index >= 15 is 0 Å². The molecule has 0 radical (unpaired) electrons. The molecule has 2 N–H and O–H groups in total. The van der Waals surface area contributed by atoms with Gasteiger partial charge in [-0.05, 0) is 26.0 Å². The van der Waals surface area contributed by atoms with Crippen molar-refractivity contribution in [2.75, 3.05) is 10.6 Å². The van der Waals surface area contributed by atoms with E-state index in [9.17, 15) is 18.4 Å². The maximum absolute atomic E-state index is 13.2. The van der Waals surface area contributed by atoms with Crippen molar-refractivity contribution in [1.82, 2.24) is 19.7 Å². The Morgan fingerprint density at radius 3 is 2.37 bits per heavy atom. The molecule has 7 nitrogen and oxygen atoms in total. The van der Waals surface area contributed by atoms with E-state index in [1.54, 1.807) is 50.5 Å². The molecule has 2 aromatic rings. The van der Waals surface area contributed by atoms with E-state index in [0.717, 1.165) is 6.20 Å². The molecule has 2 rings (SSSR count).